The van der Waals surface area contributed by atoms with Crippen molar-refractivity contribution in [3.8, 4) is 5.75 Å². The fourth-order valence-corrected chi connectivity index (χ4v) is 1.64. The van der Waals surface area contributed by atoms with Gasteiger partial charge in [-0.2, -0.15) is 8.78 Å². The first kappa shape index (κ1) is 12.6. The summed E-state index contributed by atoms with van der Waals surface area (Å²) in [5.41, 5.74) is 0.952. The van der Waals surface area contributed by atoms with E-state index in [9.17, 15) is 8.78 Å². The van der Waals surface area contributed by atoms with Crippen LogP contribution in [0.25, 0.3) is 0 Å². The van der Waals surface area contributed by atoms with Crippen LogP contribution in [0, 0.1) is 6.92 Å². The Labute approximate surface area is 105 Å². The highest BCUT2D eigenvalue weighted by Crippen LogP contribution is 2.28. The van der Waals surface area contributed by atoms with Gasteiger partial charge in [0.05, 0.1) is 0 Å². The molecule has 0 fully saturated rings. The molecule has 0 spiro atoms. The normalized spacial score (nSPS) is 11.3. The summed E-state index contributed by atoms with van der Waals surface area (Å²) in [6.07, 6.45) is 0. The van der Waals surface area contributed by atoms with Crippen molar-refractivity contribution in [2.45, 2.75) is 12.8 Å². The Morgan fingerprint density at radius 1 is 1.00 bits per heavy atom. The van der Waals surface area contributed by atoms with Crippen molar-refractivity contribution >= 4 is 0 Å². The molecule has 2 rings (SSSR count). The molecule has 0 aliphatic rings. The minimum atomic E-state index is -2.98. The molecule has 0 amide bonds. The Hall–Kier alpha value is -1.90. The number of halogens is 2. The number of rotatable bonds is 4. The predicted molar refractivity (Wildman–Crippen MR) is 67.0 cm³/mol. The van der Waals surface area contributed by atoms with Gasteiger partial charge in [-0.15, -0.1) is 0 Å². The molecule has 0 saturated heterocycles. The predicted octanol–water partition coefficient (Wildman–Crippen LogP) is 4.17. The molecule has 0 radical (unpaired) electrons. The lowest BCUT2D eigenvalue weighted by molar-refractivity contribution is -0.0467. The number of hydrogen-bond donors (Lipinski definition) is 0. The van der Waals surface area contributed by atoms with Crippen LogP contribution in [0.5, 0.6) is 5.75 Å². The average molecular weight is 248 g/mol. The van der Waals surface area contributed by atoms with Crippen molar-refractivity contribution in [3.05, 3.63) is 65.7 Å². The van der Waals surface area contributed by atoms with Gasteiger partial charge in [-0.25, -0.2) is 0 Å². The first-order valence-electron chi connectivity index (χ1n) is 5.71. The maximum absolute atomic E-state index is 13.8. The third-order valence-electron chi connectivity index (χ3n) is 2.61. The minimum absolute atomic E-state index is 0.0300. The van der Waals surface area contributed by atoms with E-state index in [1.165, 1.54) is 12.1 Å². The van der Waals surface area contributed by atoms with E-state index in [2.05, 4.69) is 0 Å². The Balaban J connectivity index is 2.05. The third-order valence-corrected chi connectivity index (χ3v) is 2.61. The first-order valence-corrected chi connectivity index (χ1v) is 5.71. The number of ether oxygens (including phenoxy) is 1. The summed E-state index contributed by atoms with van der Waals surface area (Å²) in [4.78, 5) is 0. The number of alkyl halides is 2. The molecule has 18 heavy (non-hydrogen) atoms. The molecular weight excluding hydrogens is 234 g/mol. The van der Waals surface area contributed by atoms with Crippen molar-refractivity contribution in [1.82, 2.24) is 0 Å². The second kappa shape index (κ2) is 5.17. The molecule has 1 nitrogen and oxygen atoms in total. The van der Waals surface area contributed by atoms with Crippen LogP contribution in [0.3, 0.4) is 0 Å². The van der Waals surface area contributed by atoms with Crippen molar-refractivity contribution in [1.29, 1.82) is 0 Å². The van der Waals surface area contributed by atoms with Crippen LogP contribution in [0.15, 0.2) is 54.6 Å². The maximum atomic E-state index is 13.8. The zero-order valence-corrected chi connectivity index (χ0v) is 10.1. The van der Waals surface area contributed by atoms with Crippen molar-refractivity contribution < 1.29 is 13.5 Å². The Kier molecular flexibility index (Phi) is 3.60. The molecule has 0 unspecified atom stereocenters. The van der Waals surface area contributed by atoms with Crippen LogP contribution >= 0.6 is 0 Å². The highest BCUT2D eigenvalue weighted by molar-refractivity contribution is 5.28. The summed E-state index contributed by atoms with van der Waals surface area (Å²) in [6.45, 7) is 1.24. The molecule has 94 valence electrons. The van der Waals surface area contributed by atoms with Crippen LogP contribution in [-0.2, 0) is 5.92 Å². The van der Waals surface area contributed by atoms with E-state index in [-0.39, 0.29) is 5.56 Å². The van der Waals surface area contributed by atoms with Crippen LogP contribution in [-0.4, -0.2) is 6.61 Å². The summed E-state index contributed by atoms with van der Waals surface area (Å²) >= 11 is 0. The van der Waals surface area contributed by atoms with Crippen molar-refractivity contribution in [2.24, 2.45) is 0 Å². The first-order chi connectivity index (χ1) is 8.58. The van der Waals surface area contributed by atoms with E-state index in [0.29, 0.717) is 5.75 Å². The molecule has 0 aliphatic carbocycles. The molecule has 0 heterocycles. The average Bonchev–Trinajstić information content (AvgIpc) is 2.38. The van der Waals surface area contributed by atoms with E-state index < -0.39 is 12.5 Å². The summed E-state index contributed by atoms with van der Waals surface area (Å²) in [5.74, 6) is -2.52. The smallest absolute Gasteiger partial charge is 0.306 e. The van der Waals surface area contributed by atoms with Gasteiger partial charge in [0.25, 0.3) is 0 Å². The molecular formula is C15H14F2O. The second-order valence-corrected chi connectivity index (χ2v) is 4.18. The highest BCUT2D eigenvalue weighted by atomic mass is 19.3. The van der Waals surface area contributed by atoms with E-state index in [1.807, 2.05) is 13.0 Å². The minimum Gasteiger partial charge on any atom is -0.487 e. The fourth-order valence-electron chi connectivity index (χ4n) is 1.64. The van der Waals surface area contributed by atoms with Gasteiger partial charge in [0.2, 0.25) is 0 Å². The van der Waals surface area contributed by atoms with Crippen LogP contribution in [0.2, 0.25) is 0 Å². The zero-order chi connectivity index (χ0) is 13.0. The summed E-state index contributed by atoms with van der Waals surface area (Å²) < 4.78 is 32.8. The van der Waals surface area contributed by atoms with Crippen LogP contribution in [0.1, 0.15) is 11.1 Å². The lowest BCUT2D eigenvalue weighted by Crippen LogP contribution is -2.23. The van der Waals surface area contributed by atoms with E-state index >= 15 is 0 Å². The molecule has 0 atom stereocenters. The Bertz CT molecular complexity index is 509. The number of hydrogen-bond acceptors (Lipinski definition) is 1. The van der Waals surface area contributed by atoms with Gasteiger partial charge in [-0.1, -0.05) is 42.5 Å². The van der Waals surface area contributed by atoms with Crippen molar-refractivity contribution in [2.75, 3.05) is 6.61 Å². The molecule has 0 aliphatic heterocycles. The summed E-state index contributed by atoms with van der Waals surface area (Å²) in [6, 6.07) is 14.8. The summed E-state index contributed by atoms with van der Waals surface area (Å²) in [5, 5.41) is 0. The molecule has 0 saturated carbocycles. The maximum Gasteiger partial charge on any atom is 0.306 e. The van der Waals surface area contributed by atoms with Gasteiger partial charge < -0.3 is 4.74 Å². The van der Waals surface area contributed by atoms with E-state index in [4.69, 9.17) is 4.74 Å². The number of benzene rings is 2. The molecule has 2 aromatic rings. The molecule has 0 aromatic heterocycles. The fraction of sp³-hybridized carbons (Fsp3) is 0.200. The lowest BCUT2D eigenvalue weighted by atomic mass is 10.1. The largest absolute Gasteiger partial charge is 0.487 e. The van der Waals surface area contributed by atoms with Gasteiger partial charge in [-0.05, 0) is 24.6 Å². The molecule has 2 aromatic carbocycles. The quantitative estimate of drug-likeness (QED) is 0.789. The van der Waals surface area contributed by atoms with Crippen LogP contribution in [0.4, 0.5) is 8.78 Å². The van der Waals surface area contributed by atoms with Gasteiger partial charge in [0.15, 0.2) is 6.61 Å². The van der Waals surface area contributed by atoms with Gasteiger partial charge in [0, 0.05) is 5.56 Å². The van der Waals surface area contributed by atoms with E-state index in [0.717, 1.165) is 5.56 Å². The number of aryl methyl sites for hydroxylation is 1. The zero-order valence-electron chi connectivity index (χ0n) is 10.1. The van der Waals surface area contributed by atoms with Gasteiger partial charge >= 0.3 is 5.92 Å². The Morgan fingerprint density at radius 3 is 2.39 bits per heavy atom. The third kappa shape index (κ3) is 3.06. The highest BCUT2D eigenvalue weighted by Gasteiger charge is 2.32. The Morgan fingerprint density at radius 2 is 1.72 bits per heavy atom. The standard InChI is InChI=1S/C15H14F2O/c1-12-6-5-9-14(10-12)18-11-15(16,17)13-7-3-2-4-8-13/h2-10H,11H2,1H3. The SMILES string of the molecule is Cc1cccc(OCC(F)(F)c2ccccc2)c1. The van der Waals surface area contributed by atoms with E-state index in [1.54, 1.807) is 36.4 Å². The topological polar surface area (TPSA) is 9.23 Å². The summed E-state index contributed by atoms with van der Waals surface area (Å²) in [7, 11) is 0. The molecule has 0 N–H and O–H groups in total. The van der Waals surface area contributed by atoms with Gasteiger partial charge in [-0.3, -0.25) is 0 Å². The van der Waals surface area contributed by atoms with Gasteiger partial charge in [0.1, 0.15) is 5.75 Å². The van der Waals surface area contributed by atoms with Crippen LogP contribution < -0.4 is 4.74 Å². The monoisotopic (exact) mass is 248 g/mol. The lowest BCUT2D eigenvalue weighted by Gasteiger charge is -2.17. The molecule has 0 bridgehead atoms. The second-order valence-electron chi connectivity index (χ2n) is 4.18. The van der Waals surface area contributed by atoms with Crippen molar-refractivity contribution in [3.63, 3.8) is 0 Å². The molecule has 3 heteroatoms.